The second kappa shape index (κ2) is 6.71. The van der Waals surface area contributed by atoms with Crippen molar-refractivity contribution in [3.05, 3.63) is 24.3 Å². The highest BCUT2D eigenvalue weighted by molar-refractivity contribution is 5.70. The summed E-state index contributed by atoms with van der Waals surface area (Å²) < 4.78 is 15.1. The molecule has 0 saturated carbocycles. The van der Waals surface area contributed by atoms with Gasteiger partial charge < -0.3 is 14.2 Å². The molecule has 0 aliphatic rings. The molecule has 0 unspecified atom stereocenters. The van der Waals surface area contributed by atoms with E-state index in [2.05, 4.69) is 4.74 Å². The Morgan fingerprint density at radius 2 is 1.69 bits per heavy atom. The lowest BCUT2D eigenvalue weighted by Gasteiger charge is -2.07. The zero-order valence-corrected chi connectivity index (χ0v) is 9.56. The number of carbonyl (C=O) groups is 1. The van der Waals surface area contributed by atoms with Crippen molar-refractivity contribution in [2.24, 2.45) is 0 Å². The largest absolute Gasteiger partial charge is 0.494 e. The quantitative estimate of drug-likeness (QED) is 0.693. The maximum Gasteiger partial charge on any atom is 0.343 e. The molecule has 0 fully saturated rings. The Kier molecular flexibility index (Phi) is 5.19. The SMILES string of the molecule is CCCOc1ccc(OCC(=O)OC)cc1. The second-order valence-corrected chi connectivity index (χ2v) is 3.18. The minimum atomic E-state index is -0.397. The average Bonchev–Trinajstić information content (AvgIpc) is 2.34. The first kappa shape index (κ1) is 12.4. The maximum absolute atomic E-state index is 10.8. The van der Waals surface area contributed by atoms with Gasteiger partial charge in [-0.1, -0.05) is 6.92 Å². The lowest BCUT2D eigenvalue weighted by molar-refractivity contribution is -0.142. The molecule has 0 aliphatic heterocycles. The summed E-state index contributed by atoms with van der Waals surface area (Å²) in [4.78, 5) is 10.8. The van der Waals surface area contributed by atoms with Crippen LogP contribution in [0.15, 0.2) is 24.3 Å². The molecule has 0 atom stereocenters. The summed E-state index contributed by atoms with van der Waals surface area (Å²) in [5, 5.41) is 0. The molecule has 0 spiro atoms. The number of esters is 1. The van der Waals surface area contributed by atoms with Crippen LogP contribution < -0.4 is 9.47 Å². The summed E-state index contributed by atoms with van der Waals surface area (Å²) in [6.07, 6.45) is 0.973. The van der Waals surface area contributed by atoms with Crippen LogP contribution in [-0.2, 0) is 9.53 Å². The second-order valence-electron chi connectivity index (χ2n) is 3.18. The highest BCUT2D eigenvalue weighted by atomic mass is 16.6. The fourth-order valence-corrected chi connectivity index (χ4v) is 1.05. The summed E-state index contributed by atoms with van der Waals surface area (Å²) in [7, 11) is 1.33. The molecule has 16 heavy (non-hydrogen) atoms. The summed E-state index contributed by atoms with van der Waals surface area (Å²) in [6, 6.07) is 7.13. The van der Waals surface area contributed by atoms with E-state index in [4.69, 9.17) is 9.47 Å². The molecule has 88 valence electrons. The van der Waals surface area contributed by atoms with Crippen LogP contribution in [0.5, 0.6) is 11.5 Å². The number of hydrogen-bond donors (Lipinski definition) is 0. The third-order valence-electron chi connectivity index (χ3n) is 1.88. The van der Waals surface area contributed by atoms with Gasteiger partial charge in [0.15, 0.2) is 6.61 Å². The van der Waals surface area contributed by atoms with E-state index in [0.717, 1.165) is 12.2 Å². The van der Waals surface area contributed by atoms with Crippen LogP contribution in [0.4, 0.5) is 0 Å². The van der Waals surface area contributed by atoms with Crippen molar-refractivity contribution in [2.45, 2.75) is 13.3 Å². The van der Waals surface area contributed by atoms with E-state index in [1.54, 1.807) is 12.1 Å². The van der Waals surface area contributed by atoms with Crippen LogP contribution in [0, 0.1) is 0 Å². The Bertz CT molecular complexity index is 318. The lowest BCUT2D eigenvalue weighted by Crippen LogP contribution is -2.12. The highest BCUT2D eigenvalue weighted by Gasteiger charge is 2.01. The van der Waals surface area contributed by atoms with Gasteiger partial charge in [-0.15, -0.1) is 0 Å². The fraction of sp³-hybridized carbons (Fsp3) is 0.417. The molecule has 4 heteroatoms. The number of hydrogen-bond acceptors (Lipinski definition) is 4. The molecule has 0 heterocycles. The minimum Gasteiger partial charge on any atom is -0.494 e. The van der Waals surface area contributed by atoms with Crippen molar-refractivity contribution in [2.75, 3.05) is 20.3 Å². The fourth-order valence-electron chi connectivity index (χ4n) is 1.05. The van der Waals surface area contributed by atoms with E-state index in [1.807, 2.05) is 19.1 Å². The van der Waals surface area contributed by atoms with Gasteiger partial charge in [-0.05, 0) is 30.7 Å². The van der Waals surface area contributed by atoms with E-state index >= 15 is 0 Å². The monoisotopic (exact) mass is 224 g/mol. The standard InChI is InChI=1S/C12H16O4/c1-3-8-15-10-4-6-11(7-5-10)16-9-12(13)14-2/h4-7H,3,8-9H2,1-2H3. The number of rotatable bonds is 6. The Balaban J connectivity index is 2.41. The molecular weight excluding hydrogens is 208 g/mol. The maximum atomic E-state index is 10.8. The van der Waals surface area contributed by atoms with Gasteiger partial charge in [0.1, 0.15) is 11.5 Å². The van der Waals surface area contributed by atoms with E-state index < -0.39 is 5.97 Å². The van der Waals surface area contributed by atoms with Crippen molar-refractivity contribution in [1.29, 1.82) is 0 Å². The number of carbonyl (C=O) groups excluding carboxylic acids is 1. The van der Waals surface area contributed by atoms with Crippen molar-refractivity contribution in [3.63, 3.8) is 0 Å². The van der Waals surface area contributed by atoms with Crippen LogP contribution in [0.3, 0.4) is 0 Å². The van der Waals surface area contributed by atoms with Crippen LogP contribution in [-0.4, -0.2) is 26.3 Å². The first-order chi connectivity index (χ1) is 7.76. The molecule has 0 aliphatic carbocycles. The van der Waals surface area contributed by atoms with Crippen LogP contribution in [0.1, 0.15) is 13.3 Å². The number of methoxy groups -OCH3 is 1. The normalized spacial score (nSPS) is 9.62. The molecule has 1 rings (SSSR count). The van der Waals surface area contributed by atoms with Crippen LogP contribution >= 0.6 is 0 Å². The van der Waals surface area contributed by atoms with Gasteiger partial charge in [-0.3, -0.25) is 0 Å². The Hall–Kier alpha value is -1.71. The smallest absolute Gasteiger partial charge is 0.343 e. The highest BCUT2D eigenvalue weighted by Crippen LogP contribution is 2.17. The summed E-state index contributed by atoms with van der Waals surface area (Å²) >= 11 is 0. The Morgan fingerprint density at radius 3 is 2.19 bits per heavy atom. The predicted octanol–water partition coefficient (Wildman–Crippen LogP) is 2.03. The molecule has 0 aromatic heterocycles. The molecule has 0 bridgehead atoms. The molecule has 0 radical (unpaired) electrons. The van der Waals surface area contributed by atoms with Crippen molar-refractivity contribution < 1.29 is 19.0 Å². The third kappa shape index (κ3) is 4.21. The van der Waals surface area contributed by atoms with Gasteiger partial charge in [-0.25, -0.2) is 4.79 Å². The number of benzene rings is 1. The van der Waals surface area contributed by atoms with Crippen LogP contribution in [0.25, 0.3) is 0 Å². The lowest BCUT2D eigenvalue weighted by atomic mass is 10.3. The van der Waals surface area contributed by atoms with Gasteiger partial charge in [0.2, 0.25) is 0 Å². The van der Waals surface area contributed by atoms with E-state index in [1.165, 1.54) is 7.11 Å². The predicted molar refractivity (Wildman–Crippen MR) is 59.7 cm³/mol. The van der Waals surface area contributed by atoms with Gasteiger partial charge in [0, 0.05) is 0 Å². The topological polar surface area (TPSA) is 44.8 Å². The zero-order valence-electron chi connectivity index (χ0n) is 9.56. The van der Waals surface area contributed by atoms with Crippen molar-refractivity contribution >= 4 is 5.97 Å². The van der Waals surface area contributed by atoms with E-state index in [-0.39, 0.29) is 6.61 Å². The first-order valence-corrected chi connectivity index (χ1v) is 5.18. The molecule has 1 aromatic rings. The molecule has 0 saturated heterocycles. The molecule has 4 nitrogen and oxygen atoms in total. The minimum absolute atomic E-state index is 0.0777. The Labute approximate surface area is 95.1 Å². The van der Waals surface area contributed by atoms with Gasteiger partial charge in [0.05, 0.1) is 13.7 Å². The average molecular weight is 224 g/mol. The summed E-state index contributed by atoms with van der Waals surface area (Å²) in [5.74, 6) is 1.02. The molecule has 0 amide bonds. The molecule has 0 N–H and O–H groups in total. The third-order valence-corrected chi connectivity index (χ3v) is 1.88. The van der Waals surface area contributed by atoms with Crippen molar-refractivity contribution in [3.8, 4) is 11.5 Å². The summed E-state index contributed by atoms with van der Waals surface area (Å²) in [5.41, 5.74) is 0. The van der Waals surface area contributed by atoms with Gasteiger partial charge >= 0.3 is 5.97 Å². The Morgan fingerprint density at radius 1 is 1.12 bits per heavy atom. The zero-order chi connectivity index (χ0) is 11.8. The van der Waals surface area contributed by atoms with Gasteiger partial charge in [-0.2, -0.15) is 0 Å². The van der Waals surface area contributed by atoms with Crippen LogP contribution in [0.2, 0.25) is 0 Å². The van der Waals surface area contributed by atoms with Crippen molar-refractivity contribution in [1.82, 2.24) is 0 Å². The first-order valence-electron chi connectivity index (χ1n) is 5.18. The molecule has 1 aromatic carbocycles. The van der Waals surface area contributed by atoms with E-state index in [9.17, 15) is 4.79 Å². The van der Waals surface area contributed by atoms with E-state index in [0.29, 0.717) is 12.4 Å². The number of ether oxygens (including phenoxy) is 3. The molecular formula is C12H16O4. The van der Waals surface area contributed by atoms with Gasteiger partial charge in [0.25, 0.3) is 0 Å². The summed E-state index contributed by atoms with van der Waals surface area (Å²) in [6.45, 7) is 2.67.